The zero-order valence-electron chi connectivity index (χ0n) is 21.0. The van der Waals surface area contributed by atoms with Crippen LogP contribution < -0.4 is 14.4 Å². The van der Waals surface area contributed by atoms with E-state index in [1.165, 1.54) is 16.2 Å². The number of aryl methyl sites for hydroxylation is 1. The van der Waals surface area contributed by atoms with Crippen LogP contribution in [0.1, 0.15) is 29.7 Å². The molecule has 0 spiro atoms. The van der Waals surface area contributed by atoms with E-state index in [-0.39, 0.29) is 11.3 Å². The van der Waals surface area contributed by atoms with Crippen LogP contribution in [0.4, 0.5) is 5.13 Å². The molecule has 3 aromatic carbocycles. The SMILES string of the molecule is C=CCOc1ccc(C2C(=C(O)c3ccc(C)cc3)C(=O)C(=O)N2c2nc3ccc(OCC)cc3s2)cc1. The molecule has 4 aromatic rings. The minimum Gasteiger partial charge on any atom is -0.507 e. The lowest BCUT2D eigenvalue weighted by Gasteiger charge is -2.23. The van der Waals surface area contributed by atoms with Crippen molar-refractivity contribution in [2.75, 3.05) is 18.1 Å². The summed E-state index contributed by atoms with van der Waals surface area (Å²) in [5.41, 5.74) is 2.79. The maximum atomic E-state index is 13.5. The van der Waals surface area contributed by atoms with Crippen LogP contribution in [0.5, 0.6) is 11.5 Å². The van der Waals surface area contributed by atoms with E-state index in [9.17, 15) is 14.7 Å². The number of nitrogens with zero attached hydrogens (tertiary/aromatic N) is 2. The number of thiazole rings is 1. The number of hydrogen-bond donors (Lipinski definition) is 1. The molecule has 1 unspecified atom stereocenters. The first-order valence-electron chi connectivity index (χ1n) is 12.2. The second-order valence-corrected chi connectivity index (χ2v) is 9.77. The number of fused-ring (bicyclic) bond motifs is 1. The van der Waals surface area contributed by atoms with Gasteiger partial charge in [-0.15, -0.1) is 0 Å². The summed E-state index contributed by atoms with van der Waals surface area (Å²) in [5.74, 6) is -0.438. The highest BCUT2D eigenvalue weighted by molar-refractivity contribution is 7.22. The Morgan fingerprint density at radius 1 is 1.05 bits per heavy atom. The molecule has 1 aliphatic rings. The maximum absolute atomic E-state index is 13.5. The van der Waals surface area contributed by atoms with Gasteiger partial charge < -0.3 is 14.6 Å². The summed E-state index contributed by atoms with van der Waals surface area (Å²) in [6.45, 7) is 8.37. The number of Topliss-reactive ketones (excluding diaryl/α,β-unsaturated/α-hetero) is 1. The molecule has 38 heavy (non-hydrogen) atoms. The molecule has 0 saturated carbocycles. The number of hydrogen-bond acceptors (Lipinski definition) is 7. The second-order valence-electron chi connectivity index (χ2n) is 8.76. The van der Waals surface area contributed by atoms with E-state index in [4.69, 9.17) is 9.47 Å². The number of carbonyl (C=O) groups is 2. The lowest BCUT2D eigenvalue weighted by Crippen LogP contribution is -2.29. The average Bonchev–Trinajstić information content (AvgIpc) is 3.45. The van der Waals surface area contributed by atoms with E-state index < -0.39 is 17.7 Å². The highest BCUT2D eigenvalue weighted by atomic mass is 32.1. The fourth-order valence-corrected chi connectivity index (χ4v) is 5.39. The number of amides is 1. The van der Waals surface area contributed by atoms with Crippen LogP contribution in [-0.2, 0) is 9.59 Å². The van der Waals surface area contributed by atoms with E-state index in [0.29, 0.717) is 46.5 Å². The minimum atomic E-state index is -0.878. The molecule has 1 aliphatic heterocycles. The Bertz CT molecular complexity index is 1550. The van der Waals surface area contributed by atoms with Crippen molar-refractivity contribution in [3.63, 3.8) is 0 Å². The number of benzene rings is 3. The van der Waals surface area contributed by atoms with Crippen LogP contribution in [0.2, 0.25) is 0 Å². The van der Waals surface area contributed by atoms with Crippen LogP contribution in [0.25, 0.3) is 16.0 Å². The topological polar surface area (TPSA) is 89.0 Å². The molecule has 0 aliphatic carbocycles. The first-order valence-corrected chi connectivity index (χ1v) is 13.0. The van der Waals surface area contributed by atoms with Gasteiger partial charge >= 0.3 is 5.91 Å². The Morgan fingerprint density at radius 3 is 2.45 bits per heavy atom. The third kappa shape index (κ3) is 4.66. The van der Waals surface area contributed by atoms with E-state index in [1.54, 1.807) is 42.5 Å². The van der Waals surface area contributed by atoms with Gasteiger partial charge in [-0.2, -0.15) is 0 Å². The van der Waals surface area contributed by atoms with Crippen molar-refractivity contribution in [1.29, 1.82) is 0 Å². The highest BCUT2D eigenvalue weighted by Gasteiger charge is 2.48. The van der Waals surface area contributed by atoms with E-state index >= 15 is 0 Å². The van der Waals surface area contributed by atoms with Gasteiger partial charge in [0, 0.05) is 5.56 Å². The maximum Gasteiger partial charge on any atom is 0.301 e. The molecule has 0 radical (unpaired) electrons. The number of aromatic nitrogens is 1. The van der Waals surface area contributed by atoms with Crippen molar-refractivity contribution in [3.8, 4) is 11.5 Å². The molecule has 0 bridgehead atoms. The van der Waals surface area contributed by atoms with Crippen molar-refractivity contribution >= 4 is 44.1 Å². The van der Waals surface area contributed by atoms with E-state index in [2.05, 4.69) is 11.6 Å². The summed E-state index contributed by atoms with van der Waals surface area (Å²) >= 11 is 1.29. The monoisotopic (exact) mass is 526 g/mol. The molecule has 2 heterocycles. The first-order chi connectivity index (χ1) is 18.4. The predicted molar refractivity (Wildman–Crippen MR) is 149 cm³/mol. The van der Waals surface area contributed by atoms with Gasteiger partial charge in [0.1, 0.15) is 23.9 Å². The fourth-order valence-electron chi connectivity index (χ4n) is 4.37. The predicted octanol–water partition coefficient (Wildman–Crippen LogP) is 6.19. The van der Waals surface area contributed by atoms with Gasteiger partial charge in [-0.25, -0.2) is 4.98 Å². The smallest absolute Gasteiger partial charge is 0.301 e. The van der Waals surface area contributed by atoms with Gasteiger partial charge in [-0.05, 0) is 49.7 Å². The lowest BCUT2D eigenvalue weighted by molar-refractivity contribution is -0.132. The van der Waals surface area contributed by atoms with Crippen molar-refractivity contribution < 1.29 is 24.2 Å². The highest BCUT2D eigenvalue weighted by Crippen LogP contribution is 2.45. The normalized spacial score (nSPS) is 16.7. The van der Waals surface area contributed by atoms with Gasteiger partial charge in [0.15, 0.2) is 5.13 Å². The molecule has 7 nitrogen and oxygen atoms in total. The van der Waals surface area contributed by atoms with Crippen molar-refractivity contribution in [2.24, 2.45) is 0 Å². The van der Waals surface area contributed by atoms with E-state index in [1.807, 2.05) is 44.2 Å². The number of ether oxygens (including phenoxy) is 2. The second kappa shape index (κ2) is 10.5. The minimum absolute atomic E-state index is 0.00729. The van der Waals surface area contributed by atoms with Gasteiger partial charge in [-0.3, -0.25) is 14.5 Å². The number of ketones is 1. The average molecular weight is 527 g/mol. The molecule has 5 rings (SSSR count). The van der Waals surface area contributed by atoms with Gasteiger partial charge in [0.05, 0.1) is 28.4 Å². The lowest BCUT2D eigenvalue weighted by atomic mass is 9.95. The molecular formula is C30H26N2O5S. The molecule has 1 atom stereocenters. The Labute approximate surface area is 224 Å². The standard InChI is InChI=1S/C30H26N2O5S/c1-4-16-37-21-12-10-19(11-13-21)26-25(27(33)20-8-6-18(3)7-9-20)28(34)29(35)32(26)30-31-23-15-14-22(36-5-2)17-24(23)38-30/h4,6-15,17,26,33H,1,5,16H2,2-3H3. The van der Waals surface area contributed by atoms with Crippen molar-refractivity contribution in [1.82, 2.24) is 4.98 Å². The van der Waals surface area contributed by atoms with E-state index in [0.717, 1.165) is 10.3 Å². The molecular weight excluding hydrogens is 500 g/mol. The molecule has 1 aromatic heterocycles. The third-order valence-corrected chi connectivity index (χ3v) is 7.22. The largest absolute Gasteiger partial charge is 0.507 e. The number of anilines is 1. The van der Waals surface area contributed by atoms with Crippen LogP contribution in [0.3, 0.4) is 0 Å². The summed E-state index contributed by atoms with van der Waals surface area (Å²) in [5, 5.41) is 11.7. The summed E-state index contributed by atoms with van der Waals surface area (Å²) < 4.78 is 12.0. The van der Waals surface area contributed by atoms with Crippen LogP contribution in [0.15, 0.2) is 85.0 Å². The summed E-state index contributed by atoms with van der Waals surface area (Å²) in [7, 11) is 0. The first kappa shape index (κ1) is 25.2. The Hall–Kier alpha value is -4.43. The molecule has 1 fully saturated rings. The number of aliphatic hydroxyl groups excluding tert-OH is 1. The quantitative estimate of drug-likeness (QED) is 0.127. The van der Waals surface area contributed by atoms with Crippen LogP contribution >= 0.6 is 11.3 Å². The van der Waals surface area contributed by atoms with Crippen LogP contribution in [0, 0.1) is 6.92 Å². The Balaban J connectivity index is 1.65. The molecule has 1 saturated heterocycles. The molecule has 192 valence electrons. The summed E-state index contributed by atoms with van der Waals surface area (Å²) in [4.78, 5) is 32.9. The van der Waals surface area contributed by atoms with Crippen molar-refractivity contribution in [2.45, 2.75) is 19.9 Å². The van der Waals surface area contributed by atoms with Gasteiger partial charge in [0.25, 0.3) is 5.78 Å². The van der Waals surface area contributed by atoms with Crippen LogP contribution in [-0.4, -0.2) is 35.0 Å². The molecule has 1 amide bonds. The summed E-state index contributed by atoms with van der Waals surface area (Å²) in [6.07, 6.45) is 1.65. The molecule has 8 heteroatoms. The molecule has 1 N–H and O–H groups in total. The van der Waals surface area contributed by atoms with Gasteiger partial charge in [-0.1, -0.05) is 66.0 Å². The Kier molecular flexibility index (Phi) is 6.98. The number of carbonyl (C=O) groups excluding carboxylic acids is 2. The number of aliphatic hydroxyl groups is 1. The van der Waals surface area contributed by atoms with Gasteiger partial charge in [0.2, 0.25) is 0 Å². The zero-order chi connectivity index (χ0) is 26.8. The van der Waals surface area contributed by atoms with Crippen molar-refractivity contribution in [3.05, 3.63) is 102 Å². The fraction of sp³-hybridized carbons (Fsp3) is 0.167. The Morgan fingerprint density at radius 2 is 1.76 bits per heavy atom. The zero-order valence-corrected chi connectivity index (χ0v) is 21.8. The number of rotatable bonds is 8. The summed E-state index contributed by atoms with van der Waals surface area (Å²) in [6, 6.07) is 18.9. The third-order valence-electron chi connectivity index (χ3n) is 6.20.